The van der Waals surface area contributed by atoms with Gasteiger partial charge in [0.1, 0.15) is 0 Å². The van der Waals surface area contributed by atoms with Crippen LogP contribution in [0.2, 0.25) is 0 Å². The van der Waals surface area contributed by atoms with Crippen LogP contribution in [0.5, 0.6) is 0 Å². The average molecular weight is 534 g/mol. The molecule has 2 aliphatic rings. The van der Waals surface area contributed by atoms with E-state index in [2.05, 4.69) is 5.32 Å². The summed E-state index contributed by atoms with van der Waals surface area (Å²) in [7, 11) is 0. The van der Waals surface area contributed by atoms with E-state index >= 15 is 0 Å². The minimum atomic E-state index is -4.93. The molecule has 200 valence electrons. The fraction of sp³-hybridized carbons (Fsp3) is 0.345. The molecule has 0 unspecified atom stereocenters. The van der Waals surface area contributed by atoms with E-state index in [1.54, 1.807) is 24.3 Å². The summed E-state index contributed by atoms with van der Waals surface area (Å²) in [6, 6.07) is 19.7. The molecule has 2 saturated heterocycles. The number of hydrogen-bond donors (Lipinski definition) is 1. The molecular formula is C29H25F6NO2. The summed E-state index contributed by atoms with van der Waals surface area (Å²) in [6.07, 6.45) is -8.96. The van der Waals surface area contributed by atoms with Gasteiger partial charge in [-0.15, -0.1) is 0 Å². The van der Waals surface area contributed by atoms with Crippen LogP contribution in [0.1, 0.15) is 51.9 Å². The smallest absolute Gasteiger partial charge is 0.371 e. The number of carbonyl (C=O) groups is 1. The zero-order valence-corrected chi connectivity index (χ0v) is 20.2. The minimum Gasteiger partial charge on any atom is -0.371 e. The van der Waals surface area contributed by atoms with Crippen LogP contribution in [0.15, 0.2) is 78.9 Å². The monoisotopic (exact) mass is 533 g/mol. The van der Waals surface area contributed by atoms with Crippen molar-refractivity contribution in [2.75, 3.05) is 0 Å². The molecule has 2 bridgehead atoms. The lowest BCUT2D eigenvalue weighted by molar-refractivity contribution is -0.143. The predicted octanol–water partition coefficient (Wildman–Crippen LogP) is 7.16. The molecule has 2 fully saturated rings. The van der Waals surface area contributed by atoms with Crippen LogP contribution in [0.4, 0.5) is 26.3 Å². The number of fused-ring (bicyclic) bond motifs is 2. The summed E-state index contributed by atoms with van der Waals surface area (Å²) in [4.78, 5) is 13.4. The van der Waals surface area contributed by atoms with Crippen LogP contribution in [0.25, 0.3) is 0 Å². The number of nitrogens with one attached hydrogen (secondary N) is 1. The Morgan fingerprint density at radius 1 is 0.842 bits per heavy atom. The molecule has 38 heavy (non-hydrogen) atoms. The van der Waals surface area contributed by atoms with Crippen molar-refractivity contribution >= 4 is 5.78 Å². The lowest BCUT2D eigenvalue weighted by Gasteiger charge is -2.42. The highest BCUT2D eigenvalue weighted by atomic mass is 19.4. The van der Waals surface area contributed by atoms with E-state index in [1.165, 1.54) is 0 Å². The molecule has 2 aliphatic heterocycles. The topological polar surface area (TPSA) is 38.3 Å². The van der Waals surface area contributed by atoms with Crippen molar-refractivity contribution < 1.29 is 35.9 Å². The normalized spacial score (nSPS) is 25.4. The van der Waals surface area contributed by atoms with Gasteiger partial charge in [-0.25, -0.2) is 0 Å². The van der Waals surface area contributed by atoms with Gasteiger partial charge in [0.05, 0.1) is 29.4 Å². The number of carbonyl (C=O) groups excluding carboxylic acids is 1. The maximum Gasteiger partial charge on any atom is 0.416 e. The van der Waals surface area contributed by atoms with Crippen molar-refractivity contribution in [3.63, 3.8) is 0 Å². The lowest BCUT2D eigenvalue weighted by Crippen LogP contribution is -2.54. The molecular weight excluding hydrogens is 508 g/mol. The molecule has 0 spiro atoms. The van der Waals surface area contributed by atoms with E-state index in [-0.39, 0.29) is 29.4 Å². The zero-order chi connectivity index (χ0) is 27.1. The lowest BCUT2D eigenvalue weighted by atomic mass is 9.79. The fourth-order valence-electron chi connectivity index (χ4n) is 5.79. The summed E-state index contributed by atoms with van der Waals surface area (Å²) >= 11 is 0. The summed E-state index contributed by atoms with van der Waals surface area (Å²) in [5.74, 6) is -0.356. The van der Waals surface area contributed by atoms with Gasteiger partial charge in [-0.2, -0.15) is 26.3 Å². The molecule has 3 aromatic carbocycles. The van der Waals surface area contributed by atoms with Gasteiger partial charge in [-0.3, -0.25) is 4.79 Å². The third kappa shape index (κ3) is 5.09. The van der Waals surface area contributed by atoms with Crippen molar-refractivity contribution in [2.45, 2.75) is 55.9 Å². The SMILES string of the molecule is O=C(c1ccccc1)[C@@H]1C[C@]2(c3ccccc3)N[C@H]1CC[C@H]2OCc1cc(C(F)(F)F)cc(C(F)(F)F)c1. The van der Waals surface area contributed by atoms with E-state index in [4.69, 9.17) is 4.74 Å². The summed E-state index contributed by atoms with van der Waals surface area (Å²) in [5, 5.41) is 3.57. The molecule has 9 heteroatoms. The molecule has 0 amide bonds. The van der Waals surface area contributed by atoms with E-state index < -0.39 is 41.7 Å². The van der Waals surface area contributed by atoms with E-state index in [1.807, 2.05) is 36.4 Å². The number of ether oxygens (including phenoxy) is 1. The second-order valence-electron chi connectivity index (χ2n) is 9.92. The van der Waals surface area contributed by atoms with Crippen LogP contribution in [-0.4, -0.2) is 17.9 Å². The first-order valence-electron chi connectivity index (χ1n) is 12.3. The Morgan fingerprint density at radius 3 is 2.00 bits per heavy atom. The molecule has 3 nitrogen and oxygen atoms in total. The highest BCUT2D eigenvalue weighted by Crippen LogP contribution is 2.48. The van der Waals surface area contributed by atoms with Crippen LogP contribution in [0, 0.1) is 5.92 Å². The Kier molecular flexibility index (Phi) is 6.86. The Bertz CT molecular complexity index is 1260. The van der Waals surface area contributed by atoms with Crippen LogP contribution in [0.3, 0.4) is 0 Å². The molecule has 4 atom stereocenters. The highest BCUT2D eigenvalue weighted by Gasteiger charge is 2.56. The second kappa shape index (κ2) is 9.85. The first kappa shape index (κ1) is 26.4. The molecule has 5 rings (SSSR count). The van der Waals surface area contributed by atoms with Crippen LogP contribution in [-0.2, 0) is 29.2 Å². The highest BCUT2D eigenvalue weighted by molar-refractivity contribution is 5.98. The Balaban J connectivity index is 1.45. The van der Waals surface area contributed by atoms with Gasteiger partial charge in [0.25, 0.3) is 0 Å². The first-order chi connectivity index (χ1) is 18.0. The molecule has 1 N–H and O–H groups in total. The predicted molar refractivity (Wildman–Crippen MR) is 128 cm³/mol. The van der Waals surface area contributed by atoms with Crippen molar-refractivity contribution in [1.82, 2.24) is 5.32 Å². The standard InChI is InChI=1S/C29H25F6NO2/c30-28(31,32)21-13-18(14-22(15-21)29(33,34)35)17-38-25-12-11-24-23(26(37)19-7-3-1-4-8-19)16-27(25,36-24)20-9-5-2-6-10-20/h1-10,13-15,23-25,36H,11-12,16-17H2/t23-,24+,25-,27-/m1/s1. The van der Waals surface area contributed by atoms with Crippen LogP contribution >= 0.6 is 0 Å². The average Bonchev–Trinajstić information content (AvgIpc) is 3.21. The molecule has 2 heterocycles. The number of piperidine rings is 1. The van der Waals surface area contributed by atoms with Gasteiger partial charge in [0, 0.05) is 17.5 Å². The largest absolute Gasteiger partial charge is 0.416 e. The van der Waals surface area contributed by atoms with Crippen molar-refractivity contribution in [2.24, 2.45) is 5.92 Å². The number of halogens is 6. The Hall–Kier alpha value is -3.17. The summed E-state index contributed by atoms with van der Waals surface area (Å²) < 4.78 is 86.2. The zero-order valence-electron chi connectivity index (χ0n) is 20.2. The summed E-state index contributed by atoms with van der Waals surface area (Å²) in [6.45, 7) is -0.435. The number of ketones is 1. The van der Waals surface area contributed by atoms with Crippen molar-refractivity contribution in [3.05, 3.63) is 107 Å². The van der Waals surface area contributed by atoms with E-state index in [9.17, 15) is 31.1 Å². The van der Waals surface area contributed by atoms with Gasteiger partial charge in [-0.05, 0) is 48.6 Å². The maximum absolute atomic E-state index is 13.4. The molecule has 0 aromatic heterocycles. The molecule has 0 aliphatic carbocycles. The third-order valence-electron chi connectivity index (χ3n) is 7.54. The molecule has 3 aromatic rings. The fourth-order valence-corrected chi connectivity index (χ4v) is 5.79. The number of rotatable bonds is 6. The van der Waals surface area contributed by atoms with Crippen molar-refractivity contribution in [1.29, 1.82) is 0 Å². The molecule has 0 saturated carbocycles. The van der Waals surface area contributed by atoms with Gasteiger partial charge in [0.15, 0.2) is 5.78 Å². The van der Waals surface area contributed by atoms with E-state index in [0.717, 1.165) is 5.56 Å². The number of benzene rings is 3. The Labute approximate surface area is 215 Å². The van der Waals surface area contributed by atoms with Gasteiger partial charge in [-0.1, -0.05) is 60.7 Å². The number of hydrogen-bond acceptors (Lipinski definition) is 3. The number of alkyl halides is 6. The first-order valence-corrected chi connectivity index (χ1v) is 12.3. The third-order valence-corrected chi connectivity index (χ3v) is 7.54. The van der Waals surface area contributed by atoms with Gasteiger partial charge in [0.2, 0.25) is 0 Å². The van der Waals surface area contributed by atoms with Gasteiger partial charge >= 0.3 is 12.4 Å². The maximum atomic E-state index is 13.4. The van der Waals surface area contributed by atoms with Crippen LogP contribution < -0.4 is 5.32 Å². The van der Waals surface area contributed by atoms with E-state index in [0.29, 0.717) is 37.0 Å². The second-order valence-corrected chi connectivity index (χ2v) is 9.92. The number of Topliss-reactive ketones (excluding diaryl/α,β-unsaturated/α-hetero) is 1. The minimum absolute atomic E-state index is 0.00532. The summed E-state index contributed by atoms with van der Waals surface area (Å²) in [5.41, 5.74) is -2.32. The van der Waals surface area contributed by atoms with Gasteiger partial charge < -0.3 is 10.1 Å². The molecule has 0 radical (unpaired) electrons. The van der Waals surface area contributed by atoms with Crippen molar-refractivity contribution in [3.8, 4) is 0 Å². The quantitative estimate of drug-likeness (QED) is 0.270. The Morgan fingerprint density at radius 2 is 1.42 bits per heavy atom.